The average Bonchev–Trinajstić information content (AvgIpc) is 2.99. The minimum Gasteiger partial charge on any atom is -0.416 e. The predicted octanol–water partition coefficient (Wildman–Crippen LogP) is 1.63. The summed E-state index contributed by atoms with van der Waals surface area (Å²) >= 11 is 1.28. The Morgan fingerprint density at radius 2 is 2.26 bits per heavy atom. The summed E-state index contributed by atoms with van der Waals surface area (Å²) in [6.07, 6.45) is 1.58. The quantitative estimate of drug-likeness (QED) is 0.693. The van der Waals surface area contributed by atoms with Crippen molar-refractivity contribution in [1.82, 2.24) is 30.1 Å². The van der Waals surface area contributed by atoms with Crippen molar-refractivity contribution in [3.63, 3.8) is 0 Å². The number of hydrogen-bond acceptors (Lipinski definition) is 8. The lowest BCUT2D eigenvalue weighted by Crippen LogP contribution is -2.03. The van der Waals surface area contributed by atoms with E-state index in [1.54, 1.807) is 13.3 Å². The number of H-pyrrole nitrogens is 1. The van der Waals surface area contributed by atoms with Gasteiger partial charge in [0.2, 0.25) is 11.8 Å². The number of hydrogen-bond donors (Lipinski definition) is 2. The Labute approximate surface area is 112 Å². The highest BCUT2D eigenvalue weighted by Crippen LogP contribution is 2.29. The van der Waals surface area contributed by atoms with Gasteiger partial charge in [0.1, 0.15) is 10.5 Å². The number of nitrogens with one attached hydrogen (secondary N) is 2. The number of aromatic amines is 1. The van der Waals surface area contributed by atoms with Gasteiger partial charge in [-0.2, -0.15) is 4.98 Å². The number of aryl methyl sites for hydroxylation is 1. The van der Waals surface area contributed by atoms with Crippen LogP contribution in [0.3, 0.4) is 0 Å². The van der Waals surface area contributed by atoms with Gasteiger partial charge in [0.25, 0.3) is 5.22 Å². The molecule has 19 heavy (non-hydrogen) atoms. The third kappa shape index (κ3) is 2.36. The molecule has 0 aromatic carbocycles. The fourth-order valence-electron chi connectivity index (χ4n) is 1.52. The Hall–Kier alpha value is -2.16. The van der Waals surface area contributed by atoms with E-state index in [1.807, 2.05) is 6.92 Å². The highest BCUT2D eigenvalue weighted by atomic mass is 32.2. The zero-order valence-electron chi connectivity index (χ0n) is 10.3. The molecule has 9 heteroatoms. The van der Waals surface area contributed by atoms with E-state index in [0.717, 1.165) is 12.1 Å². The van der Waals surface area contributed by atoms with Crippen LogP contribution < -0.4 is 5.32 Å². The van der Waals surface area contributed by atoms with Gasteiger partial charge in [-0.15, -0.1) is 10.2 Å². The van der Waals surface area contributed by atoms with E-state index in [1.165, 1.54) is 11.8 Å². The maximum atomic E-state index is 5.34. The van der Waals surface area contributed by atoms with Crippen molar-refractivity contribution in [2.45, 2.75) is 24.1 Å². The molecule has 3 aromatic rings. The van der Waals surface area contributed by atoms with Gasteiger partial charge in [0.05, 0.1) is 6.33 Å². The molecule has 0 radical (unpaired) electrons. The third-order valence-electron chi connectivity index (χ3n) is 2.28. The Balaban J connectivity index is 2.02. The summed E-state index contributed by atoms with van der Waals surface area (Å²) in [6, 6.07) is 0. The van der Waals surface area contributed by atoms with Crippen LogP contribution in [0.5, 0.6) is 0 Å². The van der Waals surface area contributed by atoms with Crippen LogP contribution >= 0.6 is 11.8 Å². The molecule has 0 saturated carbocycles. The van der Waals surface area contributed by atoms with Crippen molar-refractivity contribution < 1.29 is 4.42 Å². The second-order valence-electron chi connectivity index (χ2n) is 3.67. The molecule has 0 spiro atoms. The van der Waals surface area contributed by atoms with Gasteiger partial charge >= 0.3 is 0 Å². The molecule has 0 aliphatic carbocycles. The summed E-state index contributed by atoms with van der Waals surface area (Å²) in [5.41, 5.74) is 1.35. The van der Waals surface area contributed by atoms with Crippen LogP contribution in [-0.4, -0.2) is 36.7 Å². The highest BCUT2D eigenvalue weighted by Gasteiger charge is 2.14. The van der Waals surface area contributed by atoms with Crippen LogP contribution in [0.15, 0.2) is 21.0 Å². The fourth-order valence-corrected chi connectivity index (χ4v) is 2.31. The van der Waals surface area contributed by atoms with Crippen LogP contribution in [0.25, 0.3) is 11.2 Å². The molecule has 0 atom stereocenters. The van der Waals surface area contributed by atoms with Crippen molar-refractivity contribution >= 4 is 28.9 Å². The smallest absolute Gasteiger partial charge is 0.283 e. The zero-order valence-corrected chi connectivity index (χ0v) is 11.2. The van der Waals surface area contributed by atoms with Crippen LogP contribution in [-0.2, 0) is 0 Å². The van der Waals surface area contributed by atoms with E-state index >= 15 is 0 Å². The van der Waals surface area contributed by atoms with Crippen LogP contribution in [0.2, 0.25) is 0 Å². The van der Waals surface area contributed by atoms with Gasteiger partial charge in [-0.05, 0) is 18.7 Å². The molecule has 3 aromatic heterocycles. The maximum Gasteiger partial charge on any atom is 0.283 e. The summed E-state index contributed by atoms with van der Waals surface area (Å²) < 4.78 is 5.34. The van der Waals surface area contributed by atoms with Crippen molar-refractivity contribution in [3.8, 4) is 0 Å². The summed E-state index contributed by atoms with van der Waals surface area (Å²) in [6.45, 7) is 4.46. The van der Waals surface area contributed by atoms with Gasteiger partial charge < -0.3 is 14.7 Å². The average molecular weight is 277 g/mol. The fraction of sp³-hybridized carbons (Fsp3) is 0.300. The van der Waals surface area contributed by atoms with E-state index in [9.17, 15) is 0 Å². The first-order valence-electron chi connectivity index (χ1n) is 5.69. The largest absolute Gasteiger partial charge is 0.416 e. The number of aromatic nitrogens is 6. The molecule has 0 bridgehead atoms. The first kappa shape index (κ1) is 11.9. The lowest BCUT2D eigenvalue weighted by atomic mass is 10.5. The second kappa shape index (κ2) is 4.84. The molecular formula is C10H11N7OS. The molecule has 0 saturated heterocycles. The molecule has 0 aliphatic rings. The molecule has 8 nitrogen and oxygen atoms in total. The lowest BCUT2D eigenvalue weighted by molar-refractivity contribution is 0.429. The summed E-state index contributed by atoms with van der Waals surface area (Å²) in [5.74, 6) is 1.05. The number of anilines is 1. The zero-order chi connectivity index (χ0) is 13.2. The molecule has 3 heterocycles. The lowest BCUT2D eigenvalue weighted by Gasteiger charge is -2.03. The van der Waals surface area contributed by atoms with E-state index < -0.39 is 0 Å². The van der Waals surface area contributed by atoms with Gasteiger partial charge in [0.15, 0.2) is 5.65 Å². The summed E-state index contributed by atoms with van der Waals surface area (Å²) in [7, 11) is 0. The Morgan fingerprint density at radius 3 is 3.00 bits per heavy atom. The third-order valence-corrected chi connectivity index (χ3v) is 3.11. The molecule has 0 fully saturated rings. The van der Waals surface area contributed by atoms with E-state index in [0.29, 0.717) is 27.7 Å². The Morgan fingerprint density at radius 1 is 1.37 bits per heavy atom. The standard InChI is InChI=1S/C10H11N7OS/c1-3-11-9-14-7-6(12-4-13-7)8(15-9)19-10-17-16-5(2)18-10/h4H,3H2,1-2H3,(H2,11,12,13,14,15). The monoisotopic (exact) mass is 277 g/mol. The van der Waals surface area contributed by atoms with Crippen LogP contribution in [0.1, 0.15) is 12.8 Å². The molecule has 3 rings (SSSR count). The number of imidazole rings is 1. The van der Waals surface area contributed by atoms with Gasteiger partial charge in [-0.3, -0.25) is 0 Å². The summed E-state index contributed by atoms with van der Waals surface area (Å²) in [4.78, 5) is 15.8. The second-order valence-corrected chi connectivity index (χ2v) is 4.61. The topological polar surface area (TPSA) is 105 Å². The van der Waals surface area contributed by atoms with Crippen molar-refractivity contribution in [1.29, 1.82) is 0 Å². The van der Waals surface area contributed by atoms with Crippen molar-refractivity contribution in [3.05, 3.63) is 12.2 Å². The number of fused-ring (bicyclic) bond motifs is 1. The maximum absolute atomic E-state index is 5.34. The van der Waals surface area contributed by atoms with E-state index in [4.69, 9.17) is 4.42 Å². The highest BCUT2D eigenvalue weighted by molar-refractivity contribution is 7.99. The Kier molecular flexibility index (Phi) is 3.03. The van der Waals surface area contributed by atoms with Crippen LogP contribution in [0, 0.1) is 6.92 Å². The molecular weight excluding hydrogens is 266 g/mol. The predicted molar refractivity (Wildman–Crippen MR) is 69.0 cm³/mol. The molecule has 0 unspecified atom stereocenters. The van der Waals surface area contributed by atoms with Crippen LogP contribution in [0.4, 0.5) is 5.95 Å². The molecule has 2 N–H and O–H groups in total. The first-order chi connectivity index (χ1) is 9.26. The SMILES string of the molecule is CCNc1nc(Sc2nnc(C)o2)c2[nH]cnc2n1. The van der Waals surface area contributed by atoms with Gasteiger partial charge in [-0.1, -0.05) is 0 Å². The van der Waals surface area contributed by atoms with Crippen molar-refractivity contribution in [2.24, 2.45) is 0 Å². The summed E-state index contributed by atoms with van der Waals surface area (Å²) in [5, 5.41) is 11.9. The first-order valence-corrected chi connectivity index (χ1v) is 6.51. The Bertz CT molecular complexity index is 707. The van der Waals surface area contributed by atoms with Gasteiger partial charge in [0, 0.05) is 13.5 Å². The van der Waals surface area contributed by atoms with Gasteiger partial charge in [-0.25, -0.2) is 9.97 Å². The molecule has 98 valence electrons. The molecule has 0 amide bonds. The number of nitrogens with zero attached hydrogens (tertiary/aromatic N) is 5. The van der Waals surface area contributed by atoms with E-state index in [2.05, 4.69) is 35.5 Å². The number of rotatable bonds is 4. The minimum absolute atomic E-state index is 0.439. The minimum atomic E-state index is 0.439. The van der Waals surface area contributed by atoms with Crippen molar-refractivity contribution in [2.75, 3.05) is 11.9 Å². The normalized spacial score (nSPS) is 11.1. The van der Waals surface area contributed by atoms with E-state index in [-0.39, 0.29) is 0 Å². The molecule has 0 aliphatic heterocycles.